The van der Waals surface area contributed by atoms with E-state index in [9.17, 15) is 9.59 Å². The summed E-state index contributed by atoms with van der Waals surface area (Å²) in [6.07, 6.45) is 0.519. The highest BCUT2D eigenvalue weighted by molar-refractivity contribution is 7.80. The Balaban J connectivity index is 2.46. The van der Waals surface area contributed by atoms with E-state index in [0.717, 1.165) is 0 Å². The molecule has 0 bridgehead atoms. The zero-order valence-corrected chi connectivity index (χ0v) is 14.6. The molecule has 5 heteroatoms. The van der Waals surface area contributed by atoms with Crippen molar-refractivity contribution in [3.05, 3.63) is 59.7 Å². The summed E-state index contributed by atoms with van der Waals surface area (Å²) in [6, 6.07) is 13.3. The molecule has 0 saturated carbocycles. The van der Waals surface area contributed by atoms with Gasteiger partial charge in [0.15, 0.2) is 11.6 Å². The summed E-state index contributed by atoms with van der Waals surface area (Å²) in [6.45, 7) is 1.86. The number of carbonyl (C=O) groups excluding carboxylic acids is 2. The van der Waals surface area contributed by atoms with Crippen LogP contribution >= 0.6 is 25.3 Å². The first-order valence-electron chi connectivity index (χ1n) is 7.37. The summed E-state index contributed by atoms with van der Waals surface area (Å²) in [5.74, 6) is -1.54. The fraction of sp³-hybridized carbons (Fsp3) is 0.222. The molecule has 0 aliphatic heterocycles. The highest BCUT2D eigenvalue weighted by Gasteiger charge is 2.34. The van der Waals surface area contributed by atoms with E-state index in [1.54, 1.807) is 48.5 Å². The van der Waals surface area contributed by atoms with Crippen molar-refractivity contribution in [1.82, 2.24) is 0 Å². The molecule has 23 heavy (non-hydrogen) atoms. The van der Waals surface area contributed by atoms with E-state index in [0.29, 0.717) is 27.3 Å². The van der Waals surface area contributed by atoms with Crippen molar-refractivity contribution in [3.8, 4) is 0 Å². The Bertz CT molecular complexity index is 673. The largest absolute Gasteiger partial charge is 0.327 e. The van der Waals surface area contributed by atoms with Crippen LogP contribution in [-0.4, -0.2) is 17.6 Å². The van der Waals surface area contributed by atoms with Gasteiger partial charge in [-0.2, -0.15) is 0 Å². The summed E-state index contributed by atoms with van der Waals surface area (Å²) in [7, 11) is 0. The molecular weight excluding hydrogens is 326 g/mol. The zero-order chi connectivity index (χ0) is 17.0. The van der Waals surface area contributed by atoms with Crippen LogP contribution in [0.15, 0.2) is 58.3 Å². The highest BCUT2D eigenvalue weighted by Crippen LogP contribution is 2.25. The molecule has 0 amide bonds. The average Bonchev–Trinajstić information content (AvgIpc) is 2.55. The van der Waals surface area contributed by atoms with Crippen LogP contribution in [0.5, 0.6) is 0 Å². The van der Waals surface area contributed by atoms with Crippen molar-refractivity contribution in [3.63, 3.8) is 0 Å². The number of carbonyl (C=O) groups is 2. The molecule has 1 atom stereocenters. The van der Waals surface area contributed by atoms with Gasteiger partial charge >= 0.3 is 0 Å². The van der Waals surface area contributed by atoms with Crippen molar-refractivity contribution in [2.24, 2.45) is 11.7 Å². The van der Waals surface area contributed by atoms with E-state index in [4.69, 9.17) is 5.73 Å². The summed E-state index contributed by atoms with van der Waals surface area (Å²) < 4.78 is 0. The van der Waals surface area contributed by atoms with E-state index in [1.165, 1.54) is 0 Å². The molecule has 0 aliphatic carbocycles. The monoisotopic (exact) mass is 345 g/mol. The molecule has 0 aliphatic rings. The van der Waals surface area contributed by atoms with Gasteiger partial charge in [-0.05, 0) is 18.6 Å². The average molecular weight is 345 g/mol. The van der Waals surface area contributed by atoms with Gasteiger partial charge in [-0.15, -0.1) is 25.3 Å². The minimum atomic E-state index is -0.943. The molecule has 0 radical (unpaired) electrons. The van der Waals surface area contributed by atoms with Crippen LogP contribution in [0.25, 0.3) is 0 Å². The molecule has 2 aromatic rings. The first kappa shape index (κ1) is 17.8. The third kappa shape index (κ3) is 3.86. The zero-order valence-electron chi connectivity index (χ0n) is 12.8. The molecule has 2 aromatic carbocycles. The van der Waals surface area contributed by atoms with Gasteiger partial charge in [-0.3, -0.25) is 9.59 Å². The number of hydrogen-bond acceptors (Lipinski definition) is 5. The fourth-order valence-electron chi connectivity index (χ4n) is 2.44. The van der Waals surface area contributed by atoms with Crippen LogP contribution < -0.4 is 5.73 Å². The smallest absolute Gasteiger partial charge is 0.176 e. The lowest BCUT2D eigenvalue weighted by molar-refractivity contribution is 0.0779. The van der Waals surface area contributed by atoms with Gasteiger partial charge in [0.25, 0.3) is 0 Å². The lowest BCUT2D eigenvalue weighted by Crippen LogP contribution is -2.41. The minimum absolute atomic E-state index is 0.300. The molecule has 0 heterocycles. The first-order chi connectivity index (χ1) is 11.0. The Morgan fingerprint density at radius 2 is 1.30 bits per heavy atom. The maximum absolute atomic E-state index is 12.9. The number of Topliss-reactive ketones (excluding diaryl/α,β-unsaturated/α-hetero) is 2. The Hall–Kier alpha value is -1.56. The van der Waals surface area contributed by atoms with E-state index >= 15 is 0 Å². The van der Waals surface area contributed by atoms with E-state index in [-0.39, 0.29) is 11.6 Å². The Morgan fingerprint density at radius 3 is 1.65 bits per heavy atom. The highest BCUT2D eigenvalue weighted by atomic mass is 32.1. The van der Waals surface area contributed by atoms with Gasteiger partial charge in [-0.1, -0.05) is 43.3 Å². The number of ketones is 2. The number of benzene rings is 2. The van der Waals surface area contributed by atoms with Crippen molar-refractivity contribution < 1.29 is 9.59 Å². The molecule has 0 aromatic heterocycles. The Kier molecular flexibility index (Phi) is 6.04. The lowest BCUT2D eigenvalue weighted by atomic mass is 9.83. The maximum Gasteiger partial charge on any atom is 0.176 e. The molecule has 0 spiro atoms. The molecule has 0 fully saturated rings. The molecule has 2 N–H and O–H groups in total. The van der Waals surface area contributed by atoms with Crippen molar-refractivity contribution in [2.75, 3.05) is 0 Å². The molecular formula is C18H19NO2S2. The van der Waals surface area contributed by atoms with Crippen LogP contribution in [0.2, 0.25) is 0 Å². The van der Waals surface area contributed by atoms with Crippen LogP contribution in [0.4, 0.5) is 0 Å². The standard InChI is InChI=1S/C18H19NO2S2/c1-2-13(19)16(17(20)11-7-3-5-9-14(11)22)18(21)12-8-4-6-10-15(12)23/h3-10,13,16,22-23H,2,19H2,1H3. The fourth-order valence-corrected chi connectivity index (χ4v) is 2.98. The number of hydrogen-bond donors (Lipinski definition) is 3. The summed E-state index contributed by atoms with van der Waals surface area (Å²) >= 11 is 8.64. The summed E-state index contributed by atoms with van der Waals surface area (Å²) in [5.41, 5.74) is 6.93. The van der Waals surface area contributed by atoms with Crippen LogP contribution in [0.1, 0.15) is 34.1 Å². The minimum Gasteiger partial charge on any atom is -0.327 e. The third-order valence-corrected chi connectivity index (χ3v) is 4.58. The first-order valence-corrected chi connectivity index (χ1v) is 8.26. The lowest BCUT2D eigenvalue weighted by Gasteiger charge is -2.22. The van der Waals surface area contributed by atoms with Gasteiger partial charge in [0.1, 0.15) is 5.92 Å². The quantitative estimate of drug-likeness (QED) is 0.425. The summed E-state index contributed by atoms with van der Waals surface area (Å²) in [5, 5.41) is 0. The van der Waals surface area contributed by atoms with Gasteiger partial charge < -0.3 is 5.73 Å². The van der Waals surface area contributed by atoms with E-state index < -0.39 is 12.0 Å². The second-order valence-electron chi connectivity index (χ2n) is 5.31. The van der Waals surface area contributed by atoms with Crippen molar-refractivity contribution in [2.45, 2.75) is 29.2 Å². The predicted molar refractivity (Wildman–Crippen MR) is 97.8 cm³/mol. The normalized spacial score (nSPS) is 12.2. The van der Waals surface area contributed by atoms with E-state index in [1.807, 2.05) is 6.92 Å². The molecule has 1 unspecified atom stereocenters. The molecule has 120 valence electrons. The van der Waals surface area contributed by atoms with Crippen molar-refractivity contribution >= 4 is 36.8 Å². The Morgan fingerprint density at radius 1 is 0.913 bits per heavy atom. The van der Waals surface area contributed by atoms with Gasteiger partial charge in [-0.25, -0.2) is 0 Å². The van der Waals surface area contributed by atoms with E-state index in [2.05, 4.69) is 25.3 Å². The SMILES string of the molecule is CCC(N)C(C(=O)c1ccccc1S)C(=O)c1ccccc1S. The molecule has 3 nitrogen and oxygen atoms in total. The topological polar surface area (TPSA) is 60.2 Å². The van der Waals surface area contributed by atoms with Crippen LogP contribution in [0.3, 0.4) is 0 Å². The number of rotatable bonds is 6. The second kappa shape index (κ2) is 7.81. The van der Waals surface area contributed by atoms with Gasteiger partial charge in [0.05, 0.1) is 0 Å². The molecule has 2 rings (SSSR count). The second-order valence-corrected chi connectivity index (χ2v) is 6.28. The molecule has 0 saturated heterocycles. The van der Waals surface area contributed by atoms with Gasteiger partial charge in [0, 0.05) is 27.0 Å². The Labute approximate surface area is 147 Å². The van der Waals surface area contributed by atoms with Crippen molar-refractivity contribution in [1.29, 1.82) is 0 Å². The summed E-state index contributed by atoms with van der Waals surface area (Å²) in [4.78, 5) is 26.9. The number of thiol groups is 2. The van der Waals surface area contributed by atoms with Gasteiger partial charge in [0.2, 0.25) is 0 Å². The predicted octanol–water partition coefficient (Wildman–Crippen LogP) is 3.68. The third-order valence-electron chi connectivity index (χ3n) is 3.80. The number of nitrogens with two attached hydrogens (primary N) is 1. The van der Waals surface area contributed by atoms with Crippen LogP contribution in [-0.2, 0) is 0 Å². The van der Waals surface area contributed by atoms with Crippen LogP contribution in [0, 0.1) is 5.92 Å². The maximum atomic E-state index is 12.9.